The molecule has 0 atom stereocenters. The smallest absolute Gasteiger partial charge is 0.266 e. The lowest BCUT2D eigenvalue weighted by Crippen LogP contribution is -2.13. The van der Waals surface area contributed by atoms with Crippen molar-refractivity contribution < 1.29 is 19.0 Å². The van der Waals surface area contributed by atoms with Crippen LogP contribution >= 0.6 is 27.5 Å². The van der Waals surface area contributed by atoms with Crippen LogP contribution < -0.4 is 19.5 Å². The van der Waals surface area contributed by atoms with E-state index in [0.29, 0.717) is 44.6 Å². The van der Waals surface area contributed by atoms with Gasteiger partial charge in [0.05, 0.1) is 11.6 Å². The van der Waals surface area contributed by atoms with Crippen LogP contribution in [0, 0.1) is 11.3 Å². The fraction of sp³-hybridized carbons (Fsp3) is 0.0968. The summed E-state index contributed by atoms with van der Waals surface area (Å²) >= 11 is 9.73. The molecule has 0 aliphatic heterocycles. The maximum Gasteiger partial charge on any atom is 0.266 e. The minimum Gasteiger partial charge on any atom is -0.493 e. The number of carbonyl (C=O) groups excluding carboxylic acids is 1. The lowest BCUT2D eigenvalue weighted by Gasteiger charge is -2.14. The number of methoxy groups -OCH3 is 1. The third-order valence-electron chi connectivity index (χ3n) is 5.62. The summed E-state index contributed by atoms with van der Waals surface area (Å²) in [4.78, 5) is 12.8. The molecule has 39 heavy (non-hydrogen) atoms. The summed E-state index contributed by atoms with van der Waals surface area (Å²) in [5, 5.41) is 13.0. The zero-order valence-corrected chi connectivity index (χ0v) is 23.3. The first-order valence-corrected chi connectivity index (χ1v) is 13.1. The van der Waals surface area contributed by atoms with Gasteiger partial charge in [0.25, 0.3) is 5.91 Å². The standard InChI is InChI=1S/C31H24BrClN2O4/c1-37-29-17-22(16-27(32)30(29)39-20-23-9-5-6-10-28(23)33)15-24(18-34)31(36)35-25-11-13-26(14-12-25)38-19-21-7-3-2-4-8-21/h2-17H,19-20H2,1H3,(H,35,36)/b24-15+. The first-order valence-electron chi connectivity index (χ1n) is 11.9. The third-order valence-corrected chi connectivity index (χ3v) is 6.58. The molecule has 196 valence electrons. The molecule has 0 saturated heterocycles. The molecule has 0 saturated carbocycles. The normalized spacial score (nSPS) is 10.9. The highest BCUT2D eigenvalue weighted by molar-refractivity contribution is 9.10. The Morgan fingerprint density at radius 3 is 2.38 bits per heavy atom. The van der Waals surface area contributed by atoms with Crippen LogP contribution in [0.1, 0.15) is 16.7 Å². The molecule has 0 bridgehead atoms. The van der Waals surface area contributed by atoms with Gasteiger partial charge in [-0.2, -0.15) is 5.26 Å². The van der Waals surface area contributed by atoms with Crippen molar-refractivity contribution in [1.82, 2.24) is 0 Å². The monoisotopic (exact) mass is 602 g/mol. The molecule has 0 aromatic heterocycles. The summed E-state index contributed by atoms with van der Waals surface area (Å²) in [6.45, 7) is 0.683. The average molecular weight is 604 g/mol. The van der Waals surface area contributed by atoms with E-state index in [1.807, 2.05) is 54.6 Å². The Morgan fingerprint density at radius 1 is 0.974 bits per heavy atom. The zero-order valence-electron chi connectivity index (χ0n) is 21.0. The van der Waals surface area contributed by atoms with Gasteiger partial charge >= 0.3 is 0 Å². The molecule has 0 heterocycles. The summed E-state index contributed by atoms with van der Waals surface area (Å²) in [7, 11) is 1.52. The van der Waals surface area contributed by atoms with Gasteiger partial charge in [0, 0.05) is 16.3 Å². The van der Waals surface area contributed by atoms with Crippen LogP contribution in [0.4, 0.5) is 5.69 Å². The molecule has 8 heteroatoms. The lowest BCUT2D eigenvalue weighted by atomic mass is 10.1. The highest BCUT2D eigenvalue weighted by Crippen LogP contribution is 2.38. The number of hydrogen-bond acceptors (Lipinski definition) is 5. The van der Waals surface area contributed by atoms with E-state index in [0.717, 1.165) is 11.1 Å². The van der Waals surface area contributed by atoms with Crippen molar-refractivity contribution in [2.75, 3.05) is 12.4 Å². The van der Waals surface area contributed by atoms with Crippen molar-refractivity contribution in [2.45, 2.75) is 13.2 Å². The van der Waals surface area contributed by atoms with Gasteiger partial charge in [-0.1, -0.05) is 60.1 Å². The number of anilines is 1. The minimum atomic E-state index is -0.537. The van der Waals surface area contributed by atoms with Crippen LogP contribution in [-0.2, 0) is 18.0 Å². The van der Waals surface area contributed by atoms with Gasteiger partial charge in [-0.05, 0) is 75.6 Å². The van der Waals surface area contributed by atoms with Gasteiger partial charge in [-0.15, -0.1) is 0 Å². The summed E-state index contributed by atoms with van der Waals surface area (Å²) in [6.07, 6.45) is 1.48. The molecule has 0 aliphatic carbocycles. The van der Waals surface area contributed by atoms with E-state index in [9.17, 15) is 10.1 Å². The number of carbonyl (C=O) groups is 1. The second-order valence-corrected chi connectivity index (χ2v) is 9.60. The van der Waals surface area contributed by atoms with Crippen molar-refractivity contribution in [2.24, 2.45) is 0 Å². The molecule has 4 aromatic carbocycles. The van der Waals surface area contributed by atoms with Gasteiger partial charge in [0.15, 0.2) is 11.5 Å². The van der Waals surface area contributed by atoms with Crippen molar-refractivity contribution in [1.29, 1.82) is 5.26 Å². The predicted octanol–water partition coefficient (Wildman–Crippen LogP) is 7.81. The van der Waals surface area contributed by atoms with Gasteiger partial charge < -0.3 is 19.5 Å². The van der Waals surface area contributed by atoms with E-state index >= 15 is 0 Å². The van der Waals surface area contributed by atoms with Crippen molar-refractivity contribution in [3.05, 3.63) is 123 Å². The number of amides is 1. The van der Waals surface area contributed by atoms with Crippen LogP contribution in [-0.4, -0.2) is 13.0 Å². The van der Waals surface area contributed by atoms with E-state index in [-0.39, 0.29) is 12.2 Å². The number of nitriles is 1. The van der Waals surface area contributed by atoms with Crippen LogP contribution in [0.3, 0.4) is 0 Å². The van der Waals surface area contributed by atoms with Crippen molar-refractivity contribution in [3.63, 3.8) is 0 Å². The molecule has 0 unspecified atom stereocenters. The van der Waals surface area contributed by atoms with Crippen LogP contribution in [0.25, 0.3) is 6.08 Å². The summed E-state index contributed by atoms with van der Waals surface area (Å²) < 4.78 is 17.8. The first kappa shape index (κ1) is 27.8. The molecule has 1 N–H and O–H groups in total. The number of ether oxygens (including phenoxy) is 3. The van der Waals surface area contributed by atoms with Crippen LogP contribution in [0.2, 0.25) is 5.02 Å². The minimum absolute atomic E-state index is 0.0712. The summed E-state index contributed by atoms with van der Waals surface area (Å²) in [5.41, 5.74) is 2.94. The van der Waals surface area contributed by atoms with Gasteiger partial charge in [-0.3, -0.25) is 4.79 Å². The molecular formula is C31H24BrClN2O4. The molecule has 0 fully saturated rings. The Hall–Kier alpha value is -4.25. The van der Waals surface area contributed by atoms with E-state index in [4.69, 9.17) is 25.8 Å². The second kappa shape index (κ2) is 13.5. The van der Waals surface area contributed by atoms with Gasteiger partial charge in [0.2, 0.25) is 0 Å². The molecule has 0 radical (unpaired) electrons. The van der Waals surface area contributed by atoms with Crippen LogP contribution in [0.15, 0.2) is 101 Å². The Labute approximate surface area is 240 Å². The van der Waals surface area contributed by atoms with E-state index in [1.54, 1.807) is 42.5 Å². The molecule has 1 amide bonds. The number of rotatable bonds is 10. The maximum atomic E-state index is 12.8. The van der Waals surface area contributed by atoms with Crippen LogP contribution in [0.5, 0.6) is 17.2 Å². The third kappa shape index (κ3) is 7.64. The lowest BCUT2D eigenvalue weighted by molar-refractivity contribution is -0.112. The Bertz CT molecular complexity index is 1520. The highest BCUT2D eigenvalue weighted by atomic mass is 79.9. The molecule has 6 nitrogen and oxygen atoms in total. The fourth-order valence-corrected chi connectivity index (χ4v) is 4.38. The van der Waals surface area contributed by atoms with Gasteiger partial charge in [-0.25, -0.2) is 0 Å². The second-order valence-electron chi connectivity index (χ2n) is 8.34. The van der Waals surface area contributed by atoms with E-state index < -0.39 is 5.91 Å². The Kier molecular flexibility index (Phi) is 9.63. The topological polar surface area (TPSA) is 80.6 Å². The predicted molar refractivity (Wildman–Crippen MR) is 156 cm³/mol. The van der Waals surface area contributed by atoms with Gasteiger partial charge in [0.1, 0.15) is 30.6 Å². The fourth-order valence-electron chi connectivity index (χ4n) is 3.62. The molecule has 4 rings (SSSR count). The summed E-state index contributed by atoms with van der Waals surface area (Å²) in [6, 6.07) is 29.6. The van der Waals surface area contributed by atoms with E-state index in [2.05, 4.69) is 21.2 Å². The van der Waals surface area contributed by atoms with Crippen molar-refractivity contribution in [3.8, 4) is 23.3 Å². The number of hydrogen-bond donors (Lipinski definition) is 1. The number of nitrogens with zero attached hydrogens (tertiary/aromatic N) is 1. The number of halogens is 2. The number of benzene rings is 4. The SMILES string of the molecule is COc1cc(/C=C(\C#N)C(=O)Nc2ccc(OCc3ccccc3)cc2)cc(Br)c1OCc1ccccc1Cl. The molecule has 4 aromatic rings. The van der Waals surface area contributed by atoms with Crippen molar-refractivity contribution >= 4 is 45.2 Å². The highest BCUT2D eigenvalue weighted by Gasteiger charge is 2.15. The molecular weight excluding hydrogens is 580 g/mol. The first-order chi connectivity index (χ1) is 19.0. The molecule has 0 aliphatic rings. The average Bonchev–Trinajstić information content (AvgIpc) is 2.96. The Morgan fingerprint density at radius 2 is 1.69 bits per heavy atom. The molecule has 0 spiro atoms. The summed E-state index contributed by atoms with van der Waals surface area (Å²) in [5.74, 6) is 1.05. The number of nitrogens with one attached hydrogen (secondary N) is 1. The Balaban J connectivity index is 1.43. The van der Waals surface area contributed by atoms with E-state index in [1.165, 1.54) is 13.2 Å². The largest absolute Gasteiger partial charge is 0.493 e. The zero-order chi connectivity index (χ0) is 27.6. The quantitative estimate of drug-likeness (QED) is 0.148. The maximum absolute atomic E-state index is 12.8.